The molecule has 0 fully saturated rings. The molecule has 3 aromatic rings. The predicted molar refractivity (Wildman–Crippen MR) is 89.4 cm³/mol. The van der Waals surface area contributed by atoms with Crippen LogP contribution in [0.25, 0.3) is 22.0 Å². The Morgan fingerprint density at radius 3 is 2.58 bits per heavy atom. The monoisotopic (exact) mass is 321 g/mol. The van der Waals surface area contributed by atoms with Crippen LogP contribution in [0.1, 0.15) is 16.1 Å². The molecule has 1 aromatic heterocycles. The highest BCUT2D eigenvalue weighted by atomic mass is 16.5. The number of benzene rings is 2. The molecule has 0 aliphatic carbocycles. The molecule has 1 aliphatic heterocycles. The molecule has 2 aromatic carbocycles. The number of carbonyl (C=O) groups excluding carboxylic acids is 1. The number of aromatic nitrogens is 1. The van der Waals surface area contributed by atoms with E-state index in [1.807, 2.05) is 42.5 Å². The number of para-hydroxylation sites is 1. The molecule has 5 heteroatoms. The fraction of sp³-hybridized carbons (Fsp3) is 0.158. The van der Waals surface area contributed by atoms with E-state index >= 15 is 0 Å². The van der Waals surface area contributed by atoms with Crippen molar-refractivity contribution in [3.8, 4) is 22.6 Å². The van der Waals surface area contributed by atoms with Gasteiger partial charge >= 0.3 is 5.97 Å². The minimum atomic E-state index is -0.340. The molecule has 0 saturated heterocycles. The van der Waals surface area contributed by atoms with E-state index in [9.17, 15) is 4.79 Å². The lowest BCUT2D eigenvalue weighted by atomic mass is 9.94. The van der Waals surface area contributed by atoms with Crippen molar-refractivity contribution in [3.05, 3.63) is 53.7 Å². The van der Waals surface area contributed by atoms with Crippen LogP contribution in [0.2, 0.25) is 0 Å². The molecule has 0 unspecified atom stereocenters. The van der Waals surface area contributed by atoms with Crippen LogP contribution in [-0.2, 0) is 11.3 Å². The Kier molecular flexibility index (Phi) is 3.34. The molecule has 0 atom stereocenters. The van der Waals surface area contributed by atoms with E-state index in [1.54, 1.807) is 14.2 Å². The molecule has 0 saturated carbocycles. The summed E-state index contributed by atoms with van der Waals surface area (Å²) in [6.07, 6.45) is 0. The van der Waals surface area contributed by atoms with Crippen LogP contribution in [-0.4, -0.2) is 25.2 Å². The van der Waals surface area contributed by atoms with Crippen LogP contribution in [0.5, 0.6) is 11.5 Å². The van der Waals surface area contributed by atoms with Gasteiger partial charge in [0, 0.05) is 10.9 Å². The molecule has 4 rings (SSSR count). The minimum Gasteiger partial charge on any atom is -0.493 e. The van der Waals surface area contributed by atoms with Crippen LogP contribution < -0.4 is 9.47 Å². The summed E-state index contributed by atoms with van der Waals surface area (Å²) in [5.74, 6) is 0.905. The van der Waals surface area contributed by atoms with Gasteiger partial charge in [0.05, 0.1) is 31.0 Å². The fourth-order valence-corrected chi connectivity index (χ4v) is 3.08. The van der Waals surface area contributed by atoms with Gasteiger partial charge in [0.25, 0.3) is 0 Å². The van der Waals surface area contributed by atoms with Crippen LogP contribution in [0.3, 0.4) is 0 Å². The molecule has 24 heavy (non-hydrogen) atoms. The number of carbonyl (C=O) groups is 1. The van der Waals surface area contributed by atoms with Crippen LogP contribution in [0, 0.1) is 0 Å². The van der Waals surface area contributed by atoms with Gasteiger partial charge in [0.2, 0.25) is 0 Å². The van der Waals surface area contributed by atoms with Gasteiger partial charge < -0.3 is 14.2 Å². The number of methoxy groups -OCH3 is 2. The third kappa shape index (κ3) is 2.09. The molecule has 120 valence electrons. The maximum atomic E-state index is 12.3. The molecule has 0 bridgehead atoms. The highest BCUT2D eigenvalue weighted by Gasteiger charge is 2.29. The lowest BCUT2D eigenvalue weighted by Gasteiger charge is -2.13. The van der Waals surface area contributed by atoms with Gasteiger partial charge in [-0.2, -0.15) is 0 Å². The normalized spacial score (nSPS) is 12.8. The van der Waals surface area contributed by atoms with Crippen molar-refractivity contribution >= 4 is 16.9 Å². The second kappa shape index (κ2) is 5.53. The number of hydrogen-bond donors (Lipinski definition) is 0. The first-order valence-corrected chi connectivity index (χ1v) is 7.54. The Labute approximate surface area is 138 Å². The number of hydrogen-bond acceptors (Lipinski definition) is 5. The summed E-state index contributed by atoms with van der Waals surface area (Å²) in [5.41, 5.74) is 3.71. The number of pyridine rings is 1. The molecular weight excluding hydrogens is 306 g/mol. The van der Waals surface area contributed by atoms with E-state index in [1.165, 1.54) is 0 Å². The van der Waals surface area contributed by atoms with Crippen molar-refractivity contribution in [1.29, 1.82) is 0 Å². The van der Waals surface area contributed by atoms with Crippen molar-refractivity contribution in [1.82, 2.24) is 4.98 Å². The molecule has 0 spiro atoms. The van der Waals surface area contributed by atoms with E-state index < -0.39 is 0 Å². The van der Waals surface area contributed by atoms with Crippen molar-refractivity contribution in [2.45, 2.75) is 6.61 Å². The Morgan fingerprint density at radius 2 is 1.79 bits per heavy atom. The van der Waals surface area contributed by atoms with Gasteiger partial charge in [-0.1, -0.05) is 24.3 Å². The summed E-state index contributed by atoms with van der Waals surface area (Å²) in [6.45, 7) is 0.208. The quantitative estimate of drug-likeness (QED) is 0.690. The summed E-state index contributed by atoms with van der Waals surface area (Å²) in [5, 5.41) is 0.905. The van der Waals surface area contributed by atoms with Crippen molar-refractivity contribution in [2.24, 2.45) is 0 Å². The van der Waals surface area contributed by atoms with Gasteiger partial charge in [-0.25, -0.2) is 9.78 Å². The Bertz CT molecular complexity index is 965. The van der Waals surface area contributed by atoms with Crippen molar-refractivity contribution < 1.29 is 19.0 Å². The first-order chi connectivity index (χ1) is 11.7. The molecule has 2 heterocycles. The standard InChI is InChI=1S/C19H15NO4/c1-22-15-8-7-11(9-16(15)23-2)17-12-5-3-4-6-13(12)20-14-10-24-19(21)18(14)17/h3-9H,10H2,1-2H3. The number of rotatable bonds is 3. The van der Waals surface area contributed by atoms with E-state index in [0.29, 0.717) is 22.8 Å². The zero-order chi connectivity index (χ0) is 16.7. The topological polar surface area (TPSA) is 57.7 Å². The Balaban J connectivity index is 2.06. The lowest BCUT2D eigenvalue weighted by molar-refractivity contribution is 0.0534. The number of nitrogens with zero attached hydrogens (tertiary/aromatic N) is 1. The van der Waals surface area contributed by atoms with Crippen LogP contribution in [0.4, 0.5) is 0 Å². The third-order valence-corrected chi connectivity index (χ3v) is 4.18. The SMILES string of the molecule is COc1ccc(-c2c3c(nc4ccccc24)COC3=O)cc1OC. The van der Waals surface area contributed by atoms with Gasteiger partial charge in [-0.05, 0) is 23.8 Å². The summed E-state index contributed by atoms with van der Waals surface area (Å²) in [6, 6.07) is 13.4. The predicted octanol–water partition coefficient (Wildman–Crippen LogP) is 3.59. The number of esters is 1. The second-order valence-corrected chi connectivity index (χ2v) is 5.47. The van der Waals surface area contributed by atoms with Gasteiger partial charge in [0.15, 0.2) is 11.5 Å². The van der Waals surface area contributed by atoms with Crippen LogP contribution in [0.15, 0.2) is 42.5 Å². The first-order valence-electron chi connectivity index (χ1n) is 7.54. The van der Waals surface area contributed by atoms with Gasteiger partial charge in [-0.15, -0.1) is 0 Å². The summed E-state index contributed by atoms with van der Waals surface area (Å²) >= 11 is 0. The van der Waals surface area contributed by atoms with Crippen molar-refractivity contribution in [3.63, 3.8) is 0 Å². The van der Waals surface area contributed by atoms with Crippen LogP contribution >= 0.6 is 0 Å². The van der Waals surface area contributed by atoms with Crippen molar-refractivity contribution in [2.75, 3.05) is 14.2 Å². The highest BCUT2D eigenvalue weighted by Crippen LogP contribution is 2.39. The van der Waals surface area contributed by atoms with E-state index in [0.717, 1.165) is 22.0 Å². The highest BCUT2D eigenvalue weighted by molar-refractivity contribution is 6.09. The smallest absolute Gasteiger partial charge is 0.341 e. The fourth-order valence-electron chi connectivity index (χ4n) is 3.08. The average Bonchev–Trinajstić information content (AvgIpc) is 2.99. The average molecular weight is 321 g/mol. The summed E-state index contributed by atoms with van der Waals surface area (Å²) in [7, 11) is 3.18. The minimum absolute atomic E-state index is 0.208. The largest absolute Gasteiger partial charge is 0.493 e. The third-order valence-electron chi connectivity index (χ3n) is 4.18. The van der Waals surface area contributed by atoms with E-state index in [2.05, 4.69) is 4.98 Å². The number of cyclic esters (lactones) is 1. The van der Waals surface area contributed by atoms with Gasteiger partial charge in [-0.3, -0.25) is 0 Å². The molecular formula is C19H15NO4. The zero-order valence-electron chi connectivity index (χ0n) is 13.3. The Hall–Kier alpha value is -3.08. The zero-order valence-corrected chi connectivity index (χ0v) is 13.3. The Morgan fingerprint density at radius 1 is 1.00 bits per heavy atom. The maximum absolute atomic E-state index is 12.3. The number of ether oxygens (including phenoxy) is 3. The molecule has 0 radical (unpaired) electrons. The van der Waals surface area contributed by atoms with E-state index in [-0.39, 0.29) is 12.6 Å². The molecule has 1 aliphatic rings. The number of fused-ring (bicyclic) bond motifs is 2. The molecule has 0 N–H and O–H groups in total. The molecule has 5 nitrogen and oxygen atoms in total. The summed E-state index contributed by atoms with van der Waals surface area (Å²) < 4.78 is 15.9. The second-order valence-electron chi connectivity index (χ2n) is 5.47. The maximum Gasteiger partial charge on any atom is 0.341 e. The van der Waals surface area contributed by atoms with E-state index in [4.69, 9.17) is 14.2 Å². The van der Waals surface area contributed by atoms with Gasteiger partial charge in [0.1, 0.15) is 6.61 Å². The lowest BCUT2D eigenvalue weighted by Crippen LogP contribution is -2.01. The summed E-state index contributed by atoms with van der Waals surface area (Å²) in [4.78, 5) is 16.8. The molecule has 0 amide bonds. The first kappa shape index (κ1) is 14.5.